The Morgan fingerprint density at radius 1 is 1.09 bits per heavy atom. The van der Waals surface area contributed by atoms with Crippen molar-refractivity contribution in [1.82, 2.24) is 19.3 Å². The number of rotatable bonds is 7. The van der Waals surface area contributed by atoms with Crippen molar-refractivity contribution < 1.29 is 14.3 Å². The van der Waals surface area contributed by atoms with Gasteiger partial charge in [0.15, 0.2) is 5.65 Å². The van der Waals surface area contributed by atoms with E-state index in [1.807, 2.05) is 37.4 Å². The Kier molecular flexibility index (Phi) is 9.70. The number of thioether (sulfide) groups is 1. The van der Waals surface area contributed by atoms with Crippen molar-refractivity contribution in [1.29, 1.82) is 0 Å². The van der Waals surface area contributed by atoms with Crippen molar-refractivity contribution in [2.75, 3.05) is 27.5 Å². The lowest BCUT2D eigenvalue weighted by Crippen LogP contribution is -2.49. The Labute approximate surface area is 264 Å². The minimum atomic E-state index is -0.490. The van der Waals surface area contributed by atoms with E-state index in [9.17, 15) is 9.59 Å². The normalized spacial score (nSPS) is 22.2. The summed E-state index contributed by atoms with van der Waals surface area (Å²) in [5.74, 6) is 0.337. The number of fused-ring (bicyclic) bond motifs is 1. The second-order valence-corrected chi connectivity index (χ2v) is 15.6. The zero-order valence-electron chi connectivity index (χ0n) is 27.4. The van der Waals surface area contributed by atoms with Gasteiger partial charge in [0.25, 0.3) is 6.01 Å². The first kappa shape index (κ1) is 33.4. The van der Waals surface area contributed by atoms with Gasteiger partial charge in [-0.25, -0.2) is 14.0 Å². The van der Waals surface area contributed by atoms with E-state index in [2.05, 4.69) is 58.4 Å². The molecule has 0 bridgehead atoms. The number of methoxy groups -OCH3 is 1. The zero-order valence-corrected chi connectivity index (χ0v) is 28.9. The first-order valence-electron chi connectivity index (χ1n) is 14.9. The van der Waals surface area contributed by atoms with Crippen molar-refractivity contribution in [2.24, 2.45) is 28.6 Å². The van der Waals surface area contributed by atoms with Gasteiger partial charge in [-0.15, -0.1) is 11.8 Å². The fourth-order valence-electron chi connectivity index (χ4n) is 6.71. The number of nitrogens with zero attached hydrogens (tertiary/aromatic N) is 3. The fraction of sp³-hybridized carbons (Fsp3) is 0.606. The number of halogens is 1. The molecule has 1 fully saturated rings. The van der Waals surface area contributed by atoms with E-state index in [1.165, 1.54) is 11.5 Å². The molecule has 1 aliphatic rings. The molecule has 0 radical (unpaired) electrons. The molecule has 3 atom stereocenters. The molecule has 2 heterocycles. The van der Waals surface area contributed by atoms with Crippen molar-refractivity contribution in [3.05, 3.63) is 51.0 Å². The fourth-order valence-corrected chi connectivity index (χ4v) is 7.71. The van der Waals surface area contributed by atoms with Gasteiger partial charge in [0.05, 0.1) is 18.2 Å². The third-order valence-electron chi connectivity index (χ3n) is 8.84. The van der Waals surface area contributed by atoms with Gasteiger partial charge in [-0.05, 0) is 67.6 Å². The lowest BCUT2D eigenvalue weighted by molar-refractivity contribution is -0.0922. The molecule has 1 N–H and O–H groups in total. The maximum absolute atomic E-state index is 14.7. The standard InChI is InChI=1S/C33H47ClN4O4S/c1-18-16-21(32(2,3)4)26(22(17-18)33(5,6)7)42-29(39)24-23(19-12-14-20(34)15-13-19)25(28(43-11)37(8)9)38-27(24)35-30(41-10)36-31(38)40/h12-15,18,21-22,26,28H,16-17H2,1-11H3,(H,35,36,40). The first-order chi connectivity index (χ1) is 20.0. The third kappa shape index (κ3) is 6.64. The largest absolute Gasteiger partial charge is 0.468 e. The summed E-state index contributed by atoms with van der Waals surface area (Å²) in [7, 11) is 5.33. The lowest BCUT2D eigenvalue weighted by Gasteiger charge is -2.50. The van der Waals surface area contributed by atoms with Crippen LogP contribution in [0, 0.1) is 28.6 Å². The van der Waals surface area contributed by atoms with E-state index in [-0.39, 0.29) is 51.4 Å². The number of carbonyl (C=O) groups excluding carboxylic acids is 1. The van der Waals surface area contributed by atoms with Crippen LogP contribution in [-0.4, -0.2) is 58.8 Å². The summed E-state index contributed by atoms with van der Waals surface area (Å²) in [6.45, 7) is 15.7. The number of nitrogens with one attached hydrogen (secondary N) is 1. The van der Waals surface area contributed by atoms with Crippen LogP contribution in [0.1, 0.15) is 82.7 Å². The highest BCUT2D eigenvalue weighted by Crippen LogP contribution is 2.50. The number of aromatic nitrogens is 3. The summed E-state index contributed by atoms with van der Waals surface area (Å²) in [5, 5.41) is 0.290. The van der Waals surface area contributed by atoms with Crippen LogP contribution in [0.15, 0.2) is 29.1 Å². The lowest BCUT2D eigenvalue weighted by atomic mass is 9.59. The predicted octanol–water partition coefficient (Wildman–Crippen LogP) is 7.55. The highest BCUT2D eigenvalue weighted by Gasteiger charge is 2.48. The molecule has 236 valence electrons. The number of carbonyl (C=O) groups is 1. The average Bonchev–Trinajstić information content (AvgIpc) is 3.24. The van der Waals surface area contributed by atoms with Crippen molar-refractivity contribution in [2.45, 2.75) is 72.8 Å². The quantitative estimate of drug-likeness (QED) is 0.213. The van der Waals surface area contributed by atoms with E-state index >= 15 is 0 Å². The van der Waals surface area contributed by atoms with Crippen molar-refractivity contribution >= 4 is 35.0 Å². The number of esters is 1. The number of hydrogen-bond acceptors (Lipinski definition) is 7. The van der Waals surface area contributed by atoms with E-state index < -0.39 is 11.7 Å². The molecule has 4 rings (SSSR count). The zero-order chi connectivity index (χ0) is 32.0. The van der Waals surface area contributed by atoms with Gasteiger partial charge >= 0.3 is 11.7 Å². The average molecular weight is 631 g/mol. The van der Waals surface area contributed by atoms with Crippen molar-refractivity contribution in [3.8, 4) is 17.1 Å². The summed E-state index contributed by atoms with van der Waals surface area (Å²) in [6.07, 6.45) is 3.61. The molecule has 8 nitrogen and oxygen atoms in total. The topological polar surface area (TPSA) is 88.9 Å². The molecule has 2 aromatic heterocycles. The maximum Gasteiger partial charge on any atom is 0.342 e. The Morgan fingerprint density at radius 2 is 1.65 bits per heavy atom. The van der Waals surface area contributed by atoms with Crippen molar-refractivity contribution in [3.63, 3.8) is 0 Å². The number of benzene rings is 1. The van der Waals surface area contributed by atoms with Crippen LogP contribution in [0.25, 0.3) is 16.8 Å². The second-order valence-electron chi connectivity index (χ2n) is 14.3. The van der Waals surface area contributed by atoms with Gasteiger partial charge in [0.1, 0.15) is 11.7 Å². The molecule has 0 spiro atoms. The number of aromatic amines is 1. The molecule has 1 aliphatic carbocycles. The van der Waals surface area contributed by atoms with Crippen LogP contribution < -0.4 is 10.4 Å². The van der Waals surface area contributed by atoms with Crippen LogP contribution in [0.4, 0.5) is 0 Å². The summed E-state index contributed by atoms with van der Waals surface area (Å²) >= 11 is 7.85. The Morgan fingerprint density at radius 3 is 2.12 bits per heavy atom. The molecule has 0 aliphatic heterocycles. The van der Waals surface area contributed by atoms with Gasteiger partial charge in [0.2, 0.25) is 0 Å². The Bertz CT molecular complexity index is 1490. The molecule has 0 saturated heterocycles. The first-order valence-corrected chi connectivity index (χ1v) is 16.5. The van der Waals surface area contributed by atoms with E-state index in [0.29, 0.717) is 22.2 Å². The Balaban J connectivity index is 2.04. The Hall–Kier alpha value is -2.49. The highest BCUT2D eigenvalue weighted by atomic mass is 35.5. The minimum absolute atomic E-state index is 0.0236. The smallest absolute Gasteiger partial charge is 0.342 e. The van der Waals surface area contributed by atoms with Gasteiger partial charge in [-0.3, -0.25) is 9.88 Å². The molecule has 3 unspecified atom stereocenters. The van der Waals surface area contributed by atoms with Gasteiger partial charge in [0, 0.05) is 22.4 Å². The van der Waals surface area contributed by atoms with Crippen LogP contribution >= 0.6 is 23.4 Å². The molecular weight excluding hydrogens is 584 g/mol. The van der Waals surface area contributed by atoms with E-state index in [1.54, 1.807) is 23.9 Å². The summed E-state index contributed by atoms with van der Waals surface area (Å²) in [6, 6.07) is 7.33. The summed E-state index contributed by atoms with van der Waals surface area (Å²) < 4.78 is 13.6. The van der Waals surface area contributed by atoms with E-state index in [0.717, 1.165) is 18.4 Å². The van der Waals surface area contributed by atoms with Crippen LogP contribution in [0.3, 0.4) is 0 Å². The van der Waals surface area contributed by atoms with Crippen LogP contribution in [-0.2, 0) is 4.74 Å². The SMILES string of the molecule is COc1nc2c(C(=O)OC3C(C(C)(C)C)CC(C)CC3C(C)(C)C)c(-c3ccc(Cl)cc3)c(C(SC)N(C)C)n2c(=O)[nH]1. The molecular formula is C33H47ClN4O4S. The number of hydrogen-bond donors (Lipinski definition) is 1. The van der Waals surface area contributed by atoms with Gasteiger partial charge < -0.3 is 9.47 Å². The summed E-state index contributed by atoms with van der Waals surface area (Å²) in [5.41, 5.74) is 1.83. The molecule has 0 amide bonds. The molecule has 3 aromatic rings. The predicted molar refractivity (Wildman–Crippen MR) is 176 cm³/mol. The van der Waals surface area contributed by atoms with E-state index in [4.69, 9.17) is 21.1 Å². The van der Waals surface area contributed by atoms with Gasteiger partial charge in [-0.2, -0.15) is 4.98 Å². The monoisotopic (exact) mass is 630 g/mol. The summed E-state index contributed by atoms with van der Waals surface area (Å²) in [4.78, 5) is 37.8. The molecule has 10 heteroatoms. The highest BCUT2D eigenvalue weighted by molar-refractivity contribution is 7.98. The second kappa shape index (κ2) is 12.5. The number of H-pyrrole nitrogens is 1. The minimum Gasteiger partial charge on any atom is -0.468 e. The maximum atomic E-state index is 14.7. The molecule has 43 heavy (non-hydrogen) atoms. The number of ether oxygens (including phenoxy) is 2. The molecule has 1 aromatic carbocycles. The van der Waals surface area contributed by atoms with Gasteiger partial charge in [-0.1, -0.05) is 72.2 Å². The van der Waals surface area contributed by atoms with Crippen LogP contribution in [0.2, 0.25) is 5.02 Å². The third-order valence-corrected chi connectivity index (χ3v) is 10.2. The molecule has 1 saturated carbocycles. The van der Waals surface area contributed by atoms with Crippen LogP contribution in [0.5, 0.6) is 6.01 Å².